The normalized spacial score (nSPS) is 17.6. The second-order valence-electron chi connectivity index (χ2n) is 6.70. The summed E-state index contributed by atoms with van der Waals surface area (Å²) in [5, 5.41) is 3.47. The van der Waals surface area contributed by atoms with E-state index in [0.717, 1.165) is 26.8 Å². The third-order valence-electron chi connectivity index (χ3n) is 4.37. The van der Waals surface area contributed by atoms with Crippen LogP contribution in [0.15, 0.2) is 32.2 Å². The van der Waals surface area contributed by atoms with E-state index in [-0.39, 0.29) is 9.81 Å². The number of benzene rings is 1. The molecular formula is C20H21NO5S3. The molecule has 0 saturated carbocycles. The van der Waals surface area contributed by atoms with E-state index < -0.39 is 17.5 Å². The van der Waals surface area contributed by atoms with E-state index in [1.54, 1.807) is 0 Å². The zero-order valence-electron chi connectivity index (χ0n) is 16.7. The Hall–Kier alpha value is -1.97. The van der Waals surface area contributed by atoms with Crippen LogP contribution in [0, 0.1) is 0 Å². The van der Waals surface area contributed by atoms with E-state index in [4.69, 9.17) is 26.4 Å². The van der Waals surface area contributed by atoms with Crippen molar-refractivity contribution in [1.82, 2.24) is 0 Å². The molecule has 1 aromatic carbocycles. The maximum absolute atomic E-state index is 12.3. The van der Waals surface area contributed by atoms with E-state index in [1.165, 1.54) is 37.7 Å². The number of nitrogens with one attached hydrogen (secondary N) is 1. The Kier molecular flexibility index (Phi) is 6.30. The van der Waals surface area contributed by atoms with Gasteiger partial charge in [-0.05, 0) is 26.8 Å². The summed E-state index contributed by atoms with van der Waals surface area (Å²) in [6, 6.07) is 5.74. The third kappa shape index (κ3) is 3.91. The molecule has 0 saturated heterocycles. The lowest BCUT2D eigenvalue weighted by atomic mass is 9.85. The highest BCUT2D eigenvalue weighted by Gasteiger charge is 2.40. The Morgan fingerprint density at radius 1 is 1.10 bits per heavy atom. The molecule has 29 heavy (non-hydrogen) atoms. The molecule has 1 aromatic rings. The molecule has 0 amide bonds. The van der Waals surface area contributed by atoms with Crippen LogP contribution in [0.4, 0.5) is 5.69 Å². The number of carbonyl (C=O) groups is 2. The average molecular weight is 452 g/mol. The summed E-state index contributed by atoms with van der Waals surface area (Å²) in [5.74, 6) is -0.442. The molecule has 3 rings (SSSR count). The summed E-state index contributed by atoms with van der Waals surface area (Å²) in [7, 11) is 2.56. The standard InChI is InChI=1S/C20H21NO5S3/c1-6-26-11-9-7-8-10-12(16(27)20(2,3)21-13(10)11)19-28-14(17(22)24-4)15(29-19)18(23)25-5/h7-9,21H,6H2,1-5H3. The first-order chi connectivity index (χ1) is 13.7. The summed E-state index contributed by atoms with van der Waals surface area (Å²) in [4.78, 5) is 25.6. The van der Waals surface area contributed by atoms with E-state index in [2.05, 4.69) is 5.32 Å². The molecular weight excluding hydrogens is 430 g/mol. The number of carbonyl (C=O) groups excluding carboxylic acids is 2. The third-order valence-corrected chi connectivity index (χ3v) is 7.64. The van der Waals surface area contributed by atoms with Gasteiger partial charge in [-0.2, -0.15) is 0 Å². The van der Waals surface area contributed by atoms with Gasteiger partial charge in [-0.15, -0.1) is 0 Å². The summed E-state index contributed by atoms with van der Waals surface area (Å²) >= 11 is 8.17. The fourth-order valence-corrected chi connectivity index (χ4v) is 6.00. The smallest absolute Gasteiger partial charge is 0.346 e. The van der Waals surface area contributed by atoms with Gasteiger partial charge in [-0.3, -0.25) is 0 Å². The number of methoxy groups -OCH3 is 2. The lowest BCUT2D eigenvalue weighted by molar-refractivity contribution is -0.138. The summed E-state index contributed by atoms with van der Waals surface area (Å²) in [6.07, 6.45) is 0. The molecule has 2 aliphatic heterocycles. The van der Waals surface area contributed by atoms with Gasteiger partial charge in [0.2, 0.25) is 0 Å². The van der Waals surface area contributed by atoms with Crippen LogP contribution >= 0.6 is 35.7 Å². The van der Waals surface area contributed by atoms with E-state index >= 15 is 0 Å². The van der Waals surface area contributed by atoms with E-state index in [9.17, 15) is 9.59 Å². The minimum Gasteiger partial charge on any atom is -0.492 e. The predicted octanol–water partition coefficient (Wildman–Crippen LogP) is 4.37. The molecule has 0 atom stereocenters. The molecule has 0 fully saturated rings. The van der Waals surface area contributed by atoms with Crippen molar-refractivity contribution in [3.05, 3.63) is 37.8 Å². The lowest BCUT2D eigenvalue weighted by Gasteiger charge is -2.37. The number of hydrogen-bond acceptors (Lipinski definition) is 9. The van der Waals surface area contributed by atoms with Gasteiger partial charge in [0.05, 0.1) is 36.3 Å². The van der Waals surface area contributed by atoms with Crippen LogP contribution in [0.25, 0.3) is 5.57 Å². The lowest BCUT2D eigenvalue weighted by Crippen LogP contribution is -2.43. The van der Waals surface area contributed by atoms with Crippen molar-refractivity contribution in [2.45, 2.75) is 26.3 Å². The van der Waals surface area contributed by atoms with Crippen molar-refractivity contribution in [2.24, 2.45) is 0 Å². The van der Waals surface area contributed by atoms with Crippen LogP contribution in [0.2, 0.25) is 0 Å². The van der Waals surface area contributed by atoms with Crippen LogP contribution in [0.5, 0.6) is 5.75 Å². The average Bonchev–Trinajstić information content (AvgIpc) is 3.13. The molecule has 9 heteroatoms. The van der Waals surface area contributed by atoms with E-state index in [1.807, 2.05) is 39.0 Å². The molecule has 0 aliphatic carbocycles. The predicted molar refractivity (Wildman–Crippen MR) is 121 cm³/mol. The largest absolute Gasteiger partial charge is 0.492 e. The van der Waals surface area contributed by atoms with Crippen molar-refractivity contribution in [3.8, 4) is 5.75 Å². The highest BCUT2D eigenvalue weighted by atomic mass is 32.2. The number of thioether (sulfide) groups is 2. The number of thiocarbonyl (C=S) groups is 1. The number of para-hydroxylation sites is 1. The van der Waals surface area contributed by atoms with Crippen LogP contribution < -0.4 is 10.1 Å². The molecule has 0 bridgehead atoms. The number of anilines is 1. The van der Waals surface area contributed by atoms with Gasteiger partial charge >= 0.3 is 11.9 Å². The quantitative estimate of drug-likeness (QED) is 0.408. The maximum atomic E-state index is 12.3. The van der Waals surface area contributed by atoms with Crippen LogP contribution in [0.3, 0.4) is 0 Å². The maximum Gasteiger partial charge on any atom is 0.346 e. The van der Waals surface area contributed by atoms with Crippen molar-refractivity contribution >= 4 is 63.8 Å². The van der Waals surface area contributed by atoms with Crippen LogP contribution in [-0.4, -0.2) is 43.2 Å². The van der Waals surface area contributed by atoms with Gasteiger partial charge in [-0.25, -0.2) is 9.59 Å². The topological polar surface area (TPSA) is 73.9 Å². The fraction of sp³-hybridized carbons (Fsp3) is 0.350. The monoisotopic (exact) mass is 451 g/mol. The number of hydrogen-bond donors (Lipinski definition) is 1. The van der Waals surface area contributed by atoms with Gasteiger partial charge in [0, 0.05) is 16.0 Å². The molecule has 154 valence electrons. The first-order valence-corrected chi connectivity index (χ1v) is 10.9. The van der Waals surface area contributed by atoms with Crippen molar-refractivity contribution in [1.29, 1.82) is 0 Å². The molecule has 0 unspecified atom stereocenters. The second kappa shape index (κ2) is 8.41. The number of rotatable bonds is 4. The Bertz CT molecular complexity index is 935. The minimum atomic E-state index is -0.582. The number of ether oxygens (including phenoxy) is 3. The van der Waals surface area contributed by atoms with Crippen LogP contribution in [0.1, 0.15) is 26.3 Å². The molecule has 0 spiro atoms. The highest BCUT2D eigenvalue weighted by molar-refractivity contribution is 8.29. The fourth-order valence-electron chi connectivity index (χ4n) is 3.01. The van der Waals surface area contributed by atoms with Crippen molar-refractivity contribution in [3.63, 3.8) is 0 Å². The van der Waals surface area contributed by atoms with Gasteiger partial charge in [-0.1, -0.05) is 47.9 Å². The minimum absolute atomic E-state index is 0.202. The van der Waals surface area contributed by atoms with E-state index in [0.29, 0.717) is 11.5 Å². The molecule has 0 aromatic heterocycles. The van der Waals surface area contributed by atoms with Gasteiger partial charge in [0.1, 0.15) is 15.6 Å². The SMILES string of the molecule is CCOc1cccc2c1NC(C)(C)C(=S)C2=C1SC(C(=O)OC)=C(C(=O)OC)S1. The van der Waals surface area contributed by atoms with Crippen molar-refractivity contribution < 1.29 is 23.8 Å². The molecule has 1 N–H and O–H groups in total. The Morgan fingerprint density at radius 3 is 2.21 bits per heavy atom. The number of esters is 2. The van der Waals surface area contributed by atoms with Crippen molar-refractivity contribution in [2.75, 3.05) is 26.1 Å². The number of fused-ring (bicyclic) bond motifs is 1. The summed E-state index contributed by atoms with van der Waals surface area (Å²) in [6.45, 7) is 6.43. The molecule has 6 nitrogen and oxygen atoms in total. The first-order valence-electron chi connectivity index (χ1n) is 8.85. The summed E-state index contributed by atoms with van der Waals surface area (Å²) < 4.78 is 16.2. The Morgan fingerprint density at radius 2 is 1.69 bits per heavy atom. The van der Waals surface area contributed by atoms with Gasteiger partial charge < -0.3 is 19.5 Å². The molecule has 2 aliphatic rings. The molecule has 0 radical (unpaired) electrons. The van der Waals surface area contributed by atoms with Gasteiger partial charge in [0.15, 0.2) is 0 Å². The Balaban J connectivity index is 2.19. The van der Waals surface area contributed by atoms with Gasteiger partial charge in [0.25, 0.3) is 0 Å². The zero-order valence-corrected chi connectivity index (χ0v) is 19.2. The Labute approximate surface area is 183 Å². The zero-order chi connectivity index (χ0) is 21.3. The first kappa shape index (κ1) is 21.7. The van der Waals surface area contributed by atoms with Crippen LogP contribution in [-0.2, 0) is 19.1 Å². The highest BCUT2D eigenvalue weighted by Crippen LogP contribution is 2.56. The molecule has 2 heterocycles. The summed E-state index contributed by atoms with van der Waals surface area (Å²) in [5.41, 5.74) is 1.97. The second-order valence-corrected chi connectivity index (χ2v) is 9.41.